The molecule has 0 heterocycles. The molecule has 0 aromatic heterocycles. The van der Waals surface area contributed by atoms with Gasteiger partial charge in [0.25, 0.3) is 0 Å². The number of hydrogen-bond acceptors (Lipinski definition) is 3. The van der Waals surface area contributed by atoms with E-state index < -0.39 is 8.60 Å². The van der Waals surface area contributed by atoms with Crippen molar-refractivity contribution in [2.75, 3.05) is 0 Å². The second-order valence-electron chi connectivity index (χ2n) is 0.268. The Bertz CT molecular complexity index is 12.3. The van der Waals surface area contributed by atoms with Crippen molar-refractivity contribution in [3.63, 3.8) is 0 Å². The molecular formula is H7CaO4P. The molecule has 0 aromatic rings. The minimum atomic E-state index is -2.62. The Morgan fingerprint density at radius 1 is 1.00 bits per heavy atom. The van der Waals surface area contributed by atoms with Gasteiger partial charge < -0.3 is 20.2 Å². The van der Waals surface area contributed by atoms with Crippen LogP contribution in [0.4, 0.5) is 0 Å². The molecule has 0 aliphatic rings. The molecule has 0 fully saturated rings. The van der Waals surface area contributed by atoms with Crippen molar-refractivity contribution in [2.45, 2.75) is 0 Å². The summed E-state index contributed by atoms with van der Waals surface area (Å²) in [5, 5.41) is 0. The Labute approximate surface area is 66.1 Å². The van der Waals surface area contributed by atoms with E-state index in [2.05, 4.69) is 0 Å². The molecule has 0 unspecified atom stereocenters. The van der Waals surface area contributed by atoms with Gasteiger partial charge >= 0.3 is 46.3 Å². The van der Waals surface area contributed by atoms with Crippen LogP contribution in [0.5, 0.6) is 0 Å². The van der Waals surface area contributed by atoms with Crippen LogP contribution in [0.3, 0.4) is 0 Å². The van der Waals surface area contributed by atoms with E-state index in [1.807, 2.05) is 0 Å². The predicted molar refractivity (Wildman–Crippen MR) is 25.7 cm³/mol. The molecule has 4 nitrogen and oxygen atoms in total. The minimum absolute atomic E-state index is 0. The van der Waals surface area contributed by atoms with Gasteiger partial charge in [0.2, 0.25) is 0 Å². The van der Waals surface area contributed by atoms with Gasteiger partial charge in [0.1, 0.15) is 0 Å². The Kier molecular flexibility index (Phi) is 25.4. The normalized spacial score (nSPS) is 6.00. The fourth-order valence-corrected chi connectivity index (χ4v) is 0. The number of rotatable bonds is 0. The van der Waals surface area contributed by atoms with Crippen LogP contribution in [0, 0.1) is 0 Å². The van der Waals surface area contributed by atoms with E-state index in [-0.39, 0.29) is 43.2 Å². The molecule has 0 aliphatic heterocycles. The third-order valence-corrected chi connectivity index (χ3v) is 0. The van der Waals surface area contributed by atoms with Gasteiger partial charge in [-0.1, -0.05) is 0 Å². The van der Waals surface area contributed by atoms with Crippen LogP contribution < -0.4 is 0 Å². The second-order valence-corrected chi connectivity index (χ2v) is 0.805. The quantitative estimate of drug-likeness (QED) is 0.257. The average Bonchev–Trinajstić information content (AvgIpc) is 0.811. The summed E-state index contributed by atoms with van der Waals surface area (Å²) in [7, 11) is -2.62. The summed E-state index contributed by atoms with van der Waals surface area (Å²) < 4.78 is 0. The molecule has 0 saturated carbocycles. The topological polar surface area (TPSA) is 92.2 Å². The summed E-state index contributed by atoms with van der Waals surface area (Å²) in [4.78, 5) is 21.7. The van der Waals surface area contributed by atoms with Crippen molar-refractivity contribution in [3.05, 3.63) is 0 Å². The van der Waals surface area contributed by atoms with Crippen LogP contribution in [-0.2, 0) is 0 Å². The molecule has 0 aromatic carbocycles. The Morgan fingerprint density at radius 3 is 1.00 bits per heavy atom. The molecule has 6 heavy (non-hydrogen) atoms. The van der Waals surface area contributed by atoms with Crippen molar-refractivity contribution < 1.29 is 20.2 Å². The summed E-state index contributed by atoms with van der Waals surface area (Å²) in [5.74, 6) is 0. The van der Waals surface area contributed by atoms with E-state index in [1.54, 1.807) is 0 Å². The fourth-order valence-electron chi connectivity index (χ4n) is 0. The summed E-state index contributed by atoms with van der Waals surface area (Å²) in [6, 6.07) is 0. The van der Waals surface area contributed by atoms with E-state index in [9.17, 15) is 0 Å². The molecule has 0 rings (SSSR count). The Hall–Kier alpha value is 1.53. The zero-order chi connectivity index (χ0) is 3.58. The third kappa shape index (κ3) is 48.5. The number of hydrogen-bond donors (Lipinski definition) is 3. The summed E-state index contributed by atoms with van der Waals surface area (Å²) >= 11 is 0. The standard InChI is InChI=1S/Ca.H3O3P.H2O.2H/c;1-4(2)3;;;/h;1-3H;1H2;;. The van der Waals surface area contributed by atoms with Gasteiger partial charge in [-0.3, -0.25) is 0 Å². The van der Waals surface area contributed by atoms with E-state index in [4.69, 9.17) is 14.7 Å². The van der Waals surface area contributed by atoms with Crippen molar-refractivity contribution in [2.24, 2.45) is 0 Å². The molecule has 0 bridgehead atoms. The van der Waals surface area contributed by atoms with E-state index in [1.165, 1.54) is 0 Å². The molecule has 0 amide bonds. The van der Waals surface area contributed by atoms with Gasteiger partial charge in [0, 0.05) is 0 Å². The van der Waals surface area contributed by atoms with Crippen LogP contribution in [0.2, 0.25) is 0 Å². The average molecular weight is 142 g/mol. The molecule has 0 atom stereocenters. The Balaban J connectivity index is -0.0000000450. The molecule has 0 aliphatic carbocycles. The summed E-state index contributed by atoms with van der Waals surface area (Å²) in [5.41, 5.74) is 0. The molecule has 38 valence electrons. The molecule has 0 radical (unpaired) electrons. The first-order valence-electron chi connectivity index (χ1n) is 0.600. The maximum absolute atomic E-state index is 7.23. The molecule has 5 N–H and O–H groups in total. The second kappa shape index (κ2) is 9.73. The molecular weight excluding hydrogens is 135 g/mol. The zero-order valence-electron chi connectivity index (χ0n) is 2.29. The van der Waals surface area contributed by atoms with Crippen LogP contribution in [0.15, 0.2) is 0 Å². The first kappa shape index (κ1) is 15.6. The van der Waals surface area contributed by atoms with Crippen LogP contribution >= 0.6 is 8.60 Å². The summed E-state index contributed by atoms with van der Waals surface area (Å²) in [6.07, 6.45) is 0. The predicted octanol–water partition coefficient (Wildman–Crippen LogP) is -2.55. The van der Waals surface area contributed by atoms with Crippen molar-refractivity contribution in [3.8, 4) is 0 Å². The van der Waals surface area contributed by atoms with Crippen molar-refractivity contribution in [1.29, 1.82) is 0 Å². The zero-order valence-corrected chi connectivity index (χ0v) is 3.18. The molecule has 6 heteroatoms. The van der Waals surface area contributed by atoms with Gasteiger partial charge in [0.15, 0.2) is 0 Å². The maximum atomic E-state index is 7.23. The SMILES string of the molecule is O.OP(O)O.[CaH2]. The molecule has 0 spiro atoms. The van der Waals surface area contributed by atoms with Gasteiger partial charge in [-0.15, -0.1) is 0 Å². The van der Waals surface area contributed by atoms with Gasteiger partial charge in [-0.05, 0) is 0 Å². The Morgan fingerprint density at radius 2 is 1.00 bits per heavy atom. The van der Waals surface area contributed by atoms with Crippen molar-refractivity contribution >= 4 is 46.3 Å². The van der Waals surface area contributed by atoms with E-state index in [0.717, 1.165) is 0 Å². The van der Waals surface area contributed by atoms with Crippen LogP contribution in [0.25, 0.3) is 0 Å². The first-order valence-corrected chi connectivity index (χ1v) is 1.80. The van der Waals surface area contributed by atoms with E-state index in [0.29, 0.717) is 0 Å². The van der Waals surface area contributed by atoms with Gasteiger partial charge in [-0.25, -0.2) is 0 Å². The van der Waals surface area contributed by atoms with Gasteiger partial charge in [0.05, 0.1) is 0 Å². The molecule has 0 saturated heterocycles. The fraction of sp³-hybridized carbons (Fsp3) is 0. The first-order chi connectivity index (χ1) is 1.73. The van der Waals surface area contributed by atoms with E-state index >= 15 is 0 Å². The van der Waals surface area contributed by atoms with Crippen LogP contribution in [0.1, 0.15) is 0 Å². The van der Waals surface area contributed by atoms with Crippen molar-refractivity contribution in [1.82, 2.24) is 0 Å². The van der Waals surface area contributed by atoms with Gasteiger partial charge in [-0.2, -0.15) is 0 Å². The summed E-state index contributed by atoms with van der Waals surface area (Å²) in [6.45, 7) is 0. The third-order valence-electron chi connectivity index (χ3n) is 0. The monoisotopic (exact) mass is 142 g/mol. The van der Waals surface area contributed by atoms with Crippen LogP contribution in [-0.4, -0.2) is 57.9 Å².